The number of aliphatic carboxylic acids is 1. The van der Waals surface area contributed by atoms with Crippen LogP contribution in [0.25, 0.3) is 0 Å². The van der Waals surface area contributed by atoms with E-state index < -0.39 is 11.9 Å². The molecule has 2 rings (SSSR count). The highest BCUT2D eigenvalue weighted by Gasteiger charge is 2.27. The molecule has 102 valence electrons. The van der Waals surface area contributed by atoms with Gasteiger partial charge in [0.2, 0.25) is 0 Å². The Hall–Kier alpha value is -2.11. The maximum atomic E-state index is 11.9. The highest BCUT2D eigenvalue weighted by Crippen LogP contribution is 2.16. The second kappa shape index (κ2) is 6.17. The highest BCUT2D eigenvalue weighted by atomic mass is 16.4. The van der Waals surface area contributed by atoms with E-state index in [4.69, 9.17) is 5.11 Å². The van der Waals surface area contributed by atoms with E-state index in [0.717, 1.165) is 12.1 Å². The third-order valence-corrected chi connectivity index (χ3v) is 3.20. The van der Waals surface area contributed by atoms with Crippen molar-refractivity contribution in [2.75, 3.05) is 13.1 Å². The number of carboxylic acid groups (broad SMARTS) is 1. The maximum Gasteiger partial charge on any atom is 0.317 e. The van der Waals surface area contributed by atoms with E-state index >= 15 is 0 Å². The zero-order chi connectivity index (χ0) is 13.7. The van der Waals surface area contributed by atoms with Crippen LogP contribution in [0, 0.1) is 5.92 Å². The average molecular weight is 263 g/mol. The molecule has 0 unspecified atom stereocenters. The van der Waals surface area contributed by atoms with E-state index in [1.54, 1.807) is 11.1 Å². The summed E-state index contributed by atoms with van der Waals surface area (Å²) in [6.45, 7) is 1.25. The number of piperidine rings is 1. The molecule has 19 heavy (non-hydrogen) atoms. The quantitative estimate of drug-likeness (QED) is 0.855. The first-order valence-corrected chi connectivity index (χ1v) is 6.32. The standard InChI is InChI=1S/C13H17N3O3/c17-12(18)10-4-3-7-16(9-10)13(19)15-8-11-5-1-2-6-14-11/h1-2,5-6,10H,3-4,7-9H2,(H,15,19)(H,17,18)/t10-/m1/s1. The van der Waals surface area contributed by atoms with Gasteiger partial charge in [-0.1, -0.05) is 6.07 Å². The number of likely N-dealkylation sites (tertiary alicyclic amines) is 1. The molecule has 2 amide bonds. The minimum atomic E-state index is -0.831. The average Bonchev–Trinajstić information content (AvgIpc) is 2.46. The summed E-state index contributed by atoms with van der Waals surface area (Å²) in [6, 6.07) is 5.27. The third kappa shape index (κ3) is 3.67. The number of carbonyl (C=O) groups is 2. The van der Waals surface area contributed by atoms with E-state index in [9.17, 15) is 9.59 Å². The van der Waals surface area contributed by atoms with Gasteiger partial charge in [0.25, 0.3) is 0 Å². The van der Waals surface area contributed by atoms with E-state index in [0.29, 0.717) is 19.5 Å². The molecule has 6 heteroatoms. The van der Waals surface area contributed by atoms with Crippen molar-refractivity contribution in [2.45, 2.75) is 19.4 Å². The lowest BCUT2D eigenvalue weighted by molar-refractivity contribution is -0.143. The number of pyridine rings is 1. The number of aromatic nitrogens is 1. The number of rotatable bonds is 3. The van der Waals surface area contributed by atoms with Crippen LogP contribution in [-0.4, -0.2) is 40.1 Å². The fourth-order valence-corrected chi connectivity index (χ4v) is 2.14. The fourth-order valence-electron chi connectivity index (χ4n) is 2.14. The van der Waals surface area contributed by atoms with Crippen LogP contribution in [0.3, 0.4) is 0 Å². The largest absolute Gasteiger partial charge is 0.481 e. The second-order valence-electron chi connectivity index (χ2n) is 4.60. The van der Waals surface area contributed by atoms with Crippen molar-refractivity contribution in [2.24, 2.45) is 5.92 Å². The van der Waals surface area contributed by atoms with Crippen LogP contribution < -0.4 is 5.32 Å². The van der Waals surface area contributed by atoms with Crippen molar-refractivity contribution in [1.82, 2.24) is 15.2 Å². The number of hydrogen-bond donors (Lipinski definition) is 2. The van der Waals surface area contributed by atoms with Crippen LogP contribution in [0.15, 0.2) is 24.4 Å². The Morgan fingerprint density at radius 2 is 2.32 bits per heavy atom. The van der Waals surface area contributed by atoms with Crippen molar-refractivity contribution in [3.63, 3.8) is 0 Å². The van der Waals surface area contributed by atoms with Crippen molar-refractivity contribution in [1.29, 1.82) is 0 Å². The number of nitrogens with zero attached hydrogens (tertiary/aromatic N) is 2. The fraction of sp³-hybridized carbons (Fsp3) is 0.462. The highest BCUT2D eigenvalue weighted by molar-refractivity contribution is 5.76. The molecule has 0 aromatic carbocycles. The zero-order valence-electron chi connectivity index (χ0n) is 10.6. The van der Waals surface area contributed by atoms with Gasteiger partial charge in [0.15, 0.2) is 0 Å². The molecule has 1 aromatic rings. The van der Waals surface area contributed by atoms with Gasteiger partial charge in [0.05, 0.1) is 18.2 Å². The Morgan fingerprint density at radius 3 is 3.00 bits per heavy atom. The van der Waals surface area contributed by atoms with Gasteiger partial charge in [0, 0.05) is 19.3 Å². The zero-order valence-corrected chi connectivity index (χ0v) is 10.6. The minimum Gasteiger partial charge on any atom is -0.481 e. The Labute approximate surface area is 111 Å². The van der Waals surface area contributed by atoms with E-state index in [-0.39, 0.29) is 12.6 Å². The summed E-state index contributed by atoms with van der Waals surface area (Å²) < 4.78 is 0. The first-order chi connectivity index (χ1) is 9.16. The number of hydrogen-bond acceptors (Lipinski definition) is 3. The van der Waals surface area contributed by atoms with Gasteiger partial charge in [-0.15, -0.1) is 0 Å². The molecule has 1 saturated heterocycles. The lowest BCUT2D eigenvalue weighted by Crippen LogP contribution is -2.46. The molecular formula is C13H17N3O3. The summed E-state index contributed by atoms with van der Waals surface area (Å²) in [4.78, 5) is 28.5. The monoisotopic (exact) mass is 263 g/mol. The first kappa shape index (κ1) is 13.3. The summed E-state index contributed by atoms with van der Waals surface area (Å²) in [5, 5.41) is 11.7. The third-order valence-electron chi connectivity index (χ3n) is 3.20. The molecule has 1 aromatic heterocycles. The van der Waals surface area contributed by atoms with Gasteiger partial charge < -0.3 is 15.3 Å². The SMILES string of the molecule is O=C(O)[C@@H]1CCCN(C(=O)NCc2ccccn2)C1. The Bertz CT molecular complexity index is 450. The first-order valence-electron chi connectivity index (χ1n) is 6.32. The normalized spacial score (nSPS) is 18.9. The van der Waals surface area contributed by atoms with Gasteiger partial charge in [-0.2, -0.15) is 0 Å². The molecular weight excluding hydrogens is 246 g/mol. The Balaban J connectivity index is 1.84. The molecule has 1 atom stereocenters. The molecule has 2 N–H and O–H groups in total. The lowest BCUT2D eigenvalue weighted by atomic mass is 9.99. The number of amides is 2. The molecule has 0 spiro atoms. The van der Waals surface area contributed by atoms with Crippen LogP contribution >= 0.6 is 0 Å². The molecule has 0 bridgehead atoms. The van der Waals surface area contributed by atoms with Crippen molar-refractivity contribution in [3.8, 4) is 0 Å². The maximum absolute atomic E-state index is 11.9. The van der Waals surface area contributed by atoms with Crippen molar-refractivity contribution in [3.05, 3.63) is 30.1 Å². The van der Waals surface area contributed by atoms with Crippen LogP contribution in [0.4, 0.5) is 4.79 Å². The van der Waals surface area contributed by atoms with Gasteiger partial charge >= 0.3 is 12.0 Å². The van der Waals surface area contributed by atoms with Crippen LogP contribution in [0.1, 0.15) is 18.5 Å². The van der Waals surface area contributed by atoms with Crippen LogP contribution in [0.2, 0.25) is 0 Å². The van der Waals surface area contributed by atoms with Crippen LogP contribution in [0.5, 0.6) is 0 Å². The summed E-state index contributed by atoms with van der Waals surface area (Å²) >= 11 is 0. The predicted octanol–water partition coefficient (Wildman–Crippen LogP) is 1.09. The van der Waals surface area contributed by atoms with E-state index in [2.05, 4.69) is 10.3 Å². The number of urea groups is 1. The number of nitrogens with one attached hydrogen (secondary N) is 1. The summed E-state index contributed by atoms with van der Waals surface area (Å²) in [7, 11) is 0. The smallest absolute Gasteiger partial charge is 0.317 e. The van der Waals surface area contributed by atoms with E-state index in [1.165, 1.54) is 0 Å². The Kier molecular flexibility index (Phi) is 4.33. The van der Waals surface area contributed by atoms with Gasteiger partial charge in [0.1, 0.15) is 0 Å². The molecule has 1 aliphatic heterocycles. The molecule has 2 heterocycles. The predicted molar refractivity (Wildman–Crippen MR) is 68.4 cm³/mol. The topological polar surface area (TPSA) is 82.5 Å². The molecule has 0 aliphatic carbocycles. The lowest BCUT2D eigenvalue weighted by Gasteiger charge is -2.30. The summed E-state index contributed by atoms with van der Waals surface area (Å²) in [6.07, 6.45) is 3.04. The number of carbonyl (C=O) groups excluding carboxylic acids is 1. The van der Waals surface area contributed by atoms with Gasteiger partial charge in [-0.3, -0.25) is 9.78 Å². The molecule has 1 aliphatic rings. The summed E-state index contributed by atoms with van der Waals surface area (Å²) in [5.74, 6) is -1.28. The molecule has 1 fully saturated rings. The Morgan fingerprint density at radius 1 is 1.47 bits per heavy atom. The van der Waals surface area contributed by atoms with Gasteiger partial charge in [-0.25, -0.2) is 4.79 Å². The molecule has 0 saturated carbocycles. The second-order valence-corrected chi connectivity index (χ2v) is 4.60. The minimum absolute atomic E-state index is 0.225. The molecule has 0 radical (unpaired) electrons. The number of carboxylic acids is 1. The summed E-state index contributed by atoms with van der Waals surface area (Å²) in [5.41, 5.74) is 0.780. The van der Waals surface area contributed by atoms with E-state index in [1.807, 2.05) is 18.2 Å². The van der Waals surface area contributed by atoms with Gasteiger partial charge in [-0.05, 0) is 25.0 Å². The van der Waals surface area contributed by atoms with Crippen molar-refractivity contribution < 1.29 is 14.7 Å². The van der Waals surface area contributed by atoms with Crippen LogP contribution in [-0.2, 0) is 11.3 Å². The van der Waals surface area contributed by atoms with Crippen molar-refractivity contribution >= 4 is 12.0 Å². The molecule has 6 nitrogen and oxygen atoms in total.